The predicted octanol–water partition coefficient (Wildman–Crippen LogP) is 1.01. The number of aliphatic hydroxyl groups excluding tert-OH is 1. The Morgan fingerprint density at radius 1 is 1.35 bits per heavy atom. The number of halogens is 3. The molecule has 5 nitrogen and oxygen atoms in total. The van der Waals surface area contributed by atoms with E-state index < -0.39 is 18.1 Å². The lowest BCUT2D eigenvalue weighted by atomic mass is 9.89. The van der Waals surface area contributed by atoms with Crippen LogP contribution < -0.4 is 11.1 Å². The molecular formula is C9H11F3N4O. The minimum atomic E-state index is -4.62. The van der Waals surface area contributed by atoms with E-state index in [1.165, 1.54) is 6.07 Å². The minimum Gasteiger partial charge on any atom is -0.393 e. The van der Waals surface area contributed by atoms with Gasteiger partial charge in [0.2, 0.25) is 5.82 Å². The fourth-order valence-electron chi connectivity index (χ4n) is 1.58. The van der Waals surface area contributed by atoms with Gasteiger partial charge in [-0.25, -0.2) is 9.97 Å². The van der Waals surface area contributed by atoms with Crippen LogP contribution in [0.4, 0.5) is 24.8 Å². The van der Waals surface area contributed by atoms with Gasteiger partial charge in [0.05, 0.1) is 6.10 Å². The summed E-state index contributed by atoms with van der Waals surface area (Å²) in [5.41, 5.74) is 5.28. The summed E-state index contributed by atoms with van der Waals surface area (Å²) in [6.45, 7) is 0. The number of rotatable bonds is 2. The molecule has 1 fully saturated rings. The van der Waals surface area contributed by atoms with E-state index in [0.717, 1.165) is 0 Å². The summed E-state index contributed by atoms with van der Waals surface area (Å²) in [7, 11) is 0. The average Bonchev–Trinajstić information content (AvgIpc) is 2.13. The zero-order valence-corrected chi connectivity index (χ0v) is 8.70. The van der Waals surface area contributed by atoms with E-state index in [-0.39, 0.29) is 17.7 Å². The van der Waals surface area contributed by atoms with Crippen molar-refractivity contribution in [1.29, 1.82) is 0 Å². The van der Waals surface area contributed by atoms with Crippen LogP contribution in [0.15, 0.2) is 6.07 Å². The van der Waals surface area contributed by atoms with Crippen LogP contribution in [-0.2, 0) is 6.18 Å². The molecular weight excluding hydrogens is 237 g/mol. The van der Waals surface area contributed by atoms with Crippen LogP contribution in [0.25, 0.3) is 0 Å². The summed E-state index contributed by atoms with van der Waals surface area (Å²) in [6.07, 6.45) is -4.03. The number of nitrogens with two attached hydrogens (primary N) is 1. The Morgan fingerprint density at radius 3 is 2.53 bits per heavy atom. The van der Waals surface area contributed by atoms with Crippen molar-refractivity contribution >= 4 is 11.6 Å². The van der Waals surface area contributed by atoms with E-state index in [9.17, 15) is 13.2 Å². The Hall–Kier alpha value is -1.57. The molecule has 0 atom stereocenters. The van der Waals surface area contributed by atoms with Crippen LogP contribution in [0.2, 0.25) is 0 Å². The maximum Gasteiger partial charge on any atom is 0.451 e. The number of nitrogens with one attached hydrogen (secondary N) is 1. The number of hydrogen-bond donors (Lipinski definition) is 3. The standard InChI is InChI=1S/C9H11F3N4O/c10-9(11,12)8-15-6(13)3-7(16-8)14-4-1-5(17)2-4/h3-5,17H,1-2H2,(H3,13,14,15,16). The first-order valence-corrected chi connectivity index (χ1v) is 5.01. The highest BCUT2D eigenvalue weighted by atomic mass is 19.4. The van der Waals surface area contributed by atoms with Crippen molar-refractivity contribution in [2.75, 3.05) is 11.1 Å². The van der Waals surface area contributed by atoms with Crippen molar-refractivity contribution in [3.63, 3.8) is 0 Å². The lowest BCUT2D eigenvalue weighted by Crippen LogP contribution is -2.39. The Bertz CT molecular complexity index is 417. The second-order valence-electron chi connectivity index (χ2n) is 3.97. The SMILES string of the molecule is Nc1cc(NC2CC(O)C2)nc(C(F)(F)F)n1. The Labute approximate surface area is 94.9 Å². The van der Waals surface area contributed by atoms with Gasteiger partial charge in [-0.2, -0.15) is 13.2 Å². The number of aliphatic hydroxyl groups is 1. The number of anilines is 2. The summed E-state index contributed by atoms with van der Waals surface area (Å²) >= 11 is 0. The highest BCUT2D eigenvalue weighted by molar-refractivity contribution is 5.46. The van der Waals surface area contributed by atoms with Gasteiger partial charge >= 0.3 is 6.18 Å². The van der Waals surface area contributed by atoms with Crippen LogP contribution in [0.3, 0.4) is 0 Å². The van der Waals surface area contributed by atoms with Crippen LogP contribution in [-0.4, -0.2) is 27.2 Å². The van der Waals surface area contributed by atoms with Gasteiger partial charge in [-0.1, -0.05) is 0 Å². The summed E-state index contributed by atoms with van der Waals surface area (Å²) in [5.74, 6) is -1.48. The summed E-state index contributed by atoms with van der Waals surface area (Å²) < 4.78 is 37.2. The van der Waals surface area contributed by atoms with Crippen molar-refractivity contribution in [3.05, 3.63) is 11.9 Å². The van der Waals surface area contributed by atoms with Crippen molar-refractivity contribution in [3.8, 4) is 0 Å². The molecule has 17 heavy (non-hydrogen) atoms. The molecule has 0 unspecified atom stereocenters. The first-order valence-electron chi connectivity index (χ1n) is 5.01. The molecule has 0 bridgehead atoms. The molecule has 0 saturated heterocycles. The van der Waals surface area contributed by atoms with Gasteiger partial charge in [-0.15, -0.1) is 0 Å². The molecule has 1 aromatic heterocycles. The van der Waals surface area contributed by atoms with Crippen molar-refractivity contribution in [2.24, 2.45) is 0 Å². The van der Waals surface area contributed by atoms with E-state index in [0.29, 0.717) is 12.8 Å². The van der Waals surface area contributed by atoms with Gasteiger partial charge < -0.3 is 16.2 Å². The maximum absolute atomic E-state index is 12.4. The zero-order chi connectivity index (χ0) is 12.6. The lowest BCUT2D eigenvalue weighted by molar-refractivity contribution is -0.144. The van der Waals surface area contributed by atoms with Gasteiger partial charge in [0, 0.05) is 12.1 Å². The number of aromatic nitrogens is 2. The number of nitrogens with zero attached hydrogens (tertiary/aromatic N) is 2. The first kappa shape index (κ1) is 11.9. The molecule has 1 saturated carbocycles. The fourth-order valence-corrected chi connectivity index (χ4v) is 1.58. The average molecular weight is 248 g/mol. The van der Waals surface area contributed by atoms with E-state index in [1.54, 1.807) is 0 Å². The molecule has 0 aromatic carbocycles. The van der Waals surface area contributed by atoms with Gasteiger partial charge in [0.25, 0.3) is 0 Å². The molecule has 1 aromatic rings. The van der Waals surface area contributed by atoms with Gasteiger partial charge in [-0.05, 0) is 12.8 Å². The molecule has 0 radical (unpaired) electrons. The zero-order valence-electron chi connectivity index (χ0n) is 8.70. The van der Waals surface area contributed by atoms with Crippen molar-refractivity contribution in [1.82, 2.24) is 9.97 Å². The monoisotopic (exact) mass is 248 g/mol. The molecule has 0 aliphatic heterocycles. The van der Waals surface area contributed by atoms with E-state index in [2.05, 4.69) is 15.3 Å². The highest BCUT2D eigenvalue weighted by Crippen LogP contribution is 2.29. The minimum absolute atomic E-state index is 0.0294. The topological polar surface area (TPSA) is 84.1 Å². The Kier molecular flexibility index (Phi) is 2.82. The molecule has 1 heterocycles. The first-order chi connectivity index (χ1) is 7.84. The molecule has 2 rings (SSSR count). The predicted molar refractivity (Wildman–Crippen MR) is 54.1 cm³/mol. The molecule has 94 valence electrons. The van der Waals surface area contributed by atoms with Crippen LogP contribution in [0, 0.1) is 0 Å². The van der Waals surface area contributed by atoms with E-state index >= 15 is 0 Å². The van der Waals surface area contributed by atoms with Crippen LogP contribution in [0.1, 0.15) is 18.7 Å². The summed E-state index contributed by atoms with van der Waals surface area (Å²) in [6, 6.07) is 1.17. The van der Waals surface area contributed by atoms with Gasteiger partial charge in [0.15, 0.2) is 0 Å². The molecule has 1 aliphatic carbocycles. The largest absolute Gasteiger partial charge is 0.451 e. The summed E-state index contributed by atoms with van der Waals surface area (Å²) in [5, 5.41) is 11.8. The molecule has 8 heteroatoms. The highest BCUT2D eigenvalue weighted by Gasteiger charge is 2.36. The molecule has 1 aliphatic rings. The van der Waals surface area contributed by atoms with E-state index in [1.807, 2.05) is 0 Å². The third-order valence-electron chi connectivity index (χ3n) is 2.46. The number of alkyl halides is 3. The van der Waals surface area contributed by atoms with Crippen LogP contribution in [0.5, 0.6) is 0 Å². The van der Waals surface area contributed by atoms with E-state index in [4.69, 9.17) is 10.8 Å². The lowest BCUT2D eigenvalue weighted by Gasteiger charge is -2.32. The van der Waals surface area contributed by atoms with Crippen LogP contribution >= 0.6 is 0 Å². The number of nitrogen functional groups attached to an aromatic ring is 1. The second kappa shape index (κ2) is 4.02. The van der Waals surface area contributed by atoms with Gasteiger partial charge in [0.1, 0.15) is 11.6 Å². The van der Waals surface area contributed by atoms with Crippen molar-refractivity contribution < 1.29 is 18.3 Å². The Morgan fingerprint density at radius 2 is 2.00 bits per heavy atom. The molecule has 4 N–H and O–H groups in total. The third kappa shape index (κ3) is 2.76. The quantitative estimate of drug-likeness (QED) is 0.727. The number of hydrogen-bond acceptors (Lipinski definition) is 5. The van der Waals surface area contributed by atoms with Crippen molar-refractivity contribution in [2.45, 2.75) is 31.2 Å². The smallest absolute Gasteiger partial charge is 0.393 e. The molecule has 0 amide bonds. The molecule has 0 spiro atoms. The maximum atomic E-state index is 12.4. The third-order valence-corrected chi connectivity index (χ3v) is 2.46. The normalized spacial score (nSPS) is 24.2. The second-order valence-corrected chi connectivity index (χ2v) is 3.97. The Balaban J connectivity index is 2.14. The fraction of sp³-hybridized carbons (Fsp3) is 0.556. The summed E-state index contributed by atoms with van der Waals surface area (Å²) in [4.78, 5) is 6.47. The van der Waals surface area contributed by atoms with Gasteiger partial charge in [-0.3, -0.25) is 0 Å².